The van der Waals surface area contributed by atoms with E-state index in [1.807, 2.05) is 0 Å². The molecule has 4 heteroatoms. The fraction of sp³-hybridized carbons (Fsp3) is 0.167. The standard InChI is InChI=1S/C6H10BNO2/c1-3-4-6(5-8-2)7(9)10/h3-5,9-10H,1H2,2H3/b6-4+,8-5?. The minimum Gasteiger partial charge on any atom is -0.423 e. The number of hydrogen-bond acceptors (Lipinski definition) is 3. The van der Waals surface area contributed by atoms with Gasteiger partial charge in [-0.25, -0.2) is 0 Å². The summed E-state index contributed by atoms with van der Waals surface area (Å²) in [6, 6.07) is 0. The summed E-state index contributed by atoms with van der Waals surface area (Å²) < 4.78 is 0. The summed E-state index contributed by atoms with van der Waals surface area (Å²) in [5.41, 5.74) is 0.331. The first kappa shape index (κ1) is 9.13. The highest BCUT2D eigenvalue weighted by molar-refractivity contribution is 6.57. The second kappa shape index (κ2) is 4.96. The molecule has 0 saturated carbocycles. The van der Waals surface area contributed by atoms with Crippen LogP contribution in [-0.2, 0) is 0 Å². The van der Waals surface area contributed by atoms with Crippen molar-refractivity contribution in [3.8, 4) is 0 Å². The first-order chi connectivity index (χ1) is 4.72. The van der Waals surface area contributed by atoms with E-state index in [1.165, 1.54) is 18.4 Å². The van der Waals surface area contributed by atoms with Crippen LogP contribution in [0.15, 0.2) is 29.2 Å². The SMILES string of the molecule is C=C/C=C(\C=NC)B(O)O. The fourth-order valence-corrected chi connectivity index (χ4v) is 0.481. The average molecular weight is 139 g/mol. The first-order valence-electron chi connectivity index (χ1n) is 2.83. The number of hydrogen-bond donors (Lipinski definition) is 2. The topological polar surface area (TPSA) is 52.8 Å². The van der Waals surface area contributed by atoms with Crippen molar-refractivity contribution >= 4 is 13.3 Å². The molecule has 0 amide bonds. The van der Waals surface area contributed by atoms with Gasteiger partial charge in [-0.3, -0.25) is 4.99 Å². The monoisotopic (exact) mass is 139 g/mol. The summed E-state index contributed by atoms with van der Waals surface area (Å²) in [6.07, 6.45) is 4.32. The van der Waals surface area contributed by atoms with E-state index < -0.39 is 7.12 Å². The molecule has 0 bridgehead atoms. The average Bonchev–Trinajstić information content (AvgIpc) is 1.87. The van der Waals surface area contributed by atoms with Gasteiger partial charge in [-0.2, -0.15) is 0 Å². The van der Waals surface area contributed by atoms with Gasteiger partial charge in [0.25, 0.3) is 0 Å². The number of aliphatic imine (C=N–C) groups is 1. The highest BCUT2D eigenvalue weighted by Crippen LogP contribution is 1.91. The molecule has 0 saturated heterocycles. The van der Waals surface area contributed by atoms with Crippen molar-refractivity contribution in [3.05, 3.63) is 24.2 Å². The largest absolute Gasteiger partial charge is 0.489 e. The summed E-state index contributed by atoms with van der Waals surface area (Å²) in [5.74, 6) is 0. The quantitative estimate of drug-likeness (QED) is 0.323. The zero-order chi connectivity index (χ0) is 7.98. The Bertz CT molecular complexity index is 163. The van der Waals surface area contributed by atoms with Crippen molar-refractivity contribution in [1.29, 1.82) is 0 Å². The molecule has 0 radical (unpaired) electrons. The van der Waals surface area contributed by atoms with Crippen LogP contribution in [0, 0.1) is 0 Å². The van der Waals surface area contributed by atoms with E-state index in [2.05, 4.69) is 11.6 Å². The Morgan fingerprint density at radius 3 is 2.50 bits per heavy atom. The molecule has 0 heterocycles. The maximum atomic E-state index is 8.62. The van der Waals surface area contributed by atoms with Crippen LogP contribution in [0.3, 0.4) is 0 Å². The number of allylic oxidation sites excluding steroid dienone is 3. The summed E-state index contributed by atoms with van der Waals surface area (Å²) in [5, 5.41) is 17.2. The Morgan fingerprint density at radius 2 is 2.20 bits per heavy atom. The summed E-state index contributed by atoms with van der Waals surface area (Å²) in [7, 11) is 0.0842. The van der Waals surface area contributed by atoms with E-state index in [9.17, 15) is 0 Å². The van der Waals surface area contributed by atoms with E-state index in [-0.39, 0.29) is 0 Å². The highest BCUT2D eigenvalue weighted by atomic mass is 16.4. The molecule has 0 aromatic heterocycles. The molecule has 0 aliphatic carbocycles. The predicted octanol–water partition coefficient (Wildman–Crippen LogP) is -0.189. The van der Waals surface area contributed by atoms with Crippen LogP contribution in [0.5, 0.6) is 0 Å². The third kappa shape index (κ3) is 3.22. The van der Waals surface area contributed by atoms with Crippen LogP contribution in [0.25, 0.3) is 0 Å². The molecule has 2 N–H and O–H groups in total. The second-order valence-electron chi connectivity index (χ2n) is 1.66. The Balaban J connectivity index is 4.25. The van der Waals surface area contributed by atoms with Crippen LogP contribution in [0.1, 0.15) is 0 Å². The molecular formula is C6H10BNO2. The zero-order valence-corrected chi connectivity index (χ0v) is 5.86. The van der Waals surface area contributed by atoms with Gasteiger partial charge in [0.2, 0.25) is 0 Å². The molecule has 0 spiro atoms. The normalized spacial score (nSPS) is 12.1. The van der Waals surface area contributed by atoms with E-state index in [1.54, 1.807) is 7.05 Å². The van der Waals surface area contributed by atoms with Crippen molar-refractivity contribution < 1.29 is 10.0 Å². The van der Waals surface area contributed by atoms with Crippen molar-refractivity contribution in [2.75, 3.05) is 7.05 Å². The van der Waals surface area contributed by atoms with E-state index >= 15 is 0 Å². The third-order valence-corrected chi connectivity index (χ3v) is 0.887. The molecule has 0 aliphatic heterocycles. The number of nitrogens with zero attached hydrogens (tertiary/aromatic N) is 1. The van der Waals surface area contributed by atoms with E-state index in [0.29, 0.717) is 5.47 Å². The molecule has 0 fully saturated rings. The van der Waals surface area contributed by atoms with Gasteiger partial charge in [-0.1, -0.05) is 18.7 Å². The lowest BCUT2D eigenvalue weighted by molar-refractivity contribution is 0.422. The van der Waals surface area contributed by atoms with Gasteiger partial charge in [0, 0.05) is 13.3 Å². The predicted molar refractivity (Wildman–Crippen MR) is 42.9 cm³/mol. The van der Waals surface area contributed by atoms with Crippen LogP contribution in [0.2, 0.25) is 0 Å². The summed E-state index contributed by atoms with van der Waals surface area (Å²) in [6.45, 7) is 3.40. The van der Waals surface area contributed by atoms with Gasteiger partial charge >= 0.3 is 7.12 Å². The van der Waals surface area contributed by atoms with Gasteiger partial charge in [-0.15, -0.1) is 0 Å². The minimum atomic E-state index is -1.47. The first-order valence-corrected chi connectivity index (χ1v) is 2.83. The molecule has 0 unspecified atom stereocenters. The lowest BCUT2D eigenvalue weighted by Crippen LogP contribution is -2.16. The Morgan fingerprint density at radius 1 is 1.60 bits per heavy atom. The smallest absolute Gasteiger partial charge is 0.423 e. The molecule has 0 atom stereocenters. The van der Waals surface area contributed by atoms with Crippen molar-refractivity contribution in [2.24, 2.45) is 4.99 Å². The van der Waals surface area contributed by atoms with Crippen LogP contribution >= 0.6 is 0 Å². The second-order valence-corrected chi connectivity index (χ2v) is 1.66. The Hall–Kier alpha value is -0.865. The zero-order valence-electron chi connectivity index (χ0n) is 5.86. The van der Waals surface area contributed by atoms with Gasteiger partial charge in [-0.05, 0) is 5.47 Å². The maximum absolute atomic E-state index is 8.62. The Kier molecular flexibility index (Phi) is 4.53. The number of rotatable bonds is 3. The molecular weight excluding hydrogens is 129 g/mol. The molecule has 0 aromatic carbocycles. The summed E-state index contributed by atoms with van der Waals surface area (Å²) in [4.78, 5) is 3.61. The molecule has 10 heavy (non-hydrogen) atoms. The fourth-order valence-electron chi connectivity index (χ4n) is 0.481. The van der Waals surface area contributed by atoms with E-state index in [4.69, 9.17) is 10.0 Å². The molecule has 3 nitrogen and oxygen atoms in total. The molecule has 54 valence electrons. The van der Waals surface area contributed by atoms with E-state index in [0.717, 1.165) is 0 Å². The molecule has 0 aromatic rings. The lowest BCUT2D eigenvalue weighted by atomic mass is 9.80. The molecule has 0 rings (SSSR count). The molecule has 0 aliphatic rings. The summed E-state index contributed by atoms with van der Waals surface area (Å²) >= 11 is 0. The van der Waals surface area contributed by atoms with Crippen LogP contribution in [-0.4, -0.2) is 30.4 Å². The van der Waals surface area contributed by atoms with Gasteiger partial charge in [0.15, 0.2) is 0 Å². The van der Waals surface area contributed by atoms with Crippen molar-refractivity contribution in [3.63, 3.8) is 0 Å². The van der Waals surface area contributed by atoms with Gasteiger partial charge in [0.05, 0.1) is 0 Å². The Labute approximate surface area is 60.6 Å². The van der Waals surface area contributed by atoms with Crippen LogP contribution in [0.4, 0.5) is 0 Å². The van der Waals surface area contributed by atoms with Gasteiger partial charge < -0.3 is 10.0 Å². The minimum absolute atomic E-state index is 0.331. The maximum Gasteiger partial charge on any atom is 0.489 e. The van der Waals surface area contributed by atoms with Crippen molar-refractivity contribution in [2.45, 2.75) is 0 Å². The third-order valence-electron chi connectivity index (χ3n) is 0.887. The van der Waals surface area contributed by atoms with Gasteiger partial charge in [0.1, 0.15) is 0 Å². The highest BCUT2D eigenvalue weighted by Gasteiger charge is 2.10. The lowest BCUT2D eigenvalue weighted by Gasteiger charge is -1.94. The van der Waals surface area contributed by atoms with Crippen LogP contribution < -0.4 is 0 Å². The van der Waals surface area contributed by atoms with Crippen molar-refractivity contribution in [1.82, 2.24) is 0 Å².